The van der Waals surface area contributed by atoms with Gasteiger partial charge in [-0.3, -0.25) is 9.89 Å². The Morgan fingerprint density at radius 1 is 1.40 bits per heavy atom. The van der Waals surface area contributed by atoms with Gasteiger partial charge in [-0.2, -0.15) is 5.10 Å². The molecule has 2 heterocycles. The maximum absolute atomic E-state index is 11.8. The number of nitrogens with zero attached hydrogens (tertiary/aromatic N) is 1. The molecule has 0 fully saturated rings. The van der Waals surface area contributed by atoms with Gasteiger partial charge < -0.3 is 9.73 Å². The van der Waals surface area contributed by atoms with Crippen molar-refractivity contribution < 1.29 is 9.21 Å². The molecule has 0 atom stereocenters. The van der Waals surface area contributed by atoms with Gasteiger partial charge in [-0.25, -0.2) is 0 Å². The molecule has 20 heavy (non-hydrogen) atoms. The number of aryl methyl sites for hydroxylation is 1. The smallest absolute Gasteiger partial charge is 0.249 e. The quantitative estimate of drug-likeness (QED) is 0.843. The lowest BCUT2D eigenvalue weighted by molar-refractivity contribution is -0.111. The molecular weight excluding hydrogens is 254 g/mol. The summed E-state index contributed by atoms with van der Waals surface area (Å²) in [6, 6.07) is 5.50. The summed E-state index contributed by atoms with van der Waals surface area (Å²) in [5.41, 5.74) is 0.941. The van der Waals surface area contributed by atoms with Crippen molar-refractivity contribution in [2.45, 2.75) is 33.1 Å². The average molecular weight is 273 g/mol. The average Bonchev–Trinajstić information content (AvgIpc) is 2.95. The molecule has 0 aliphatic heterocycles. The van der Waals surface area contributed by atoms with E-state index in [1.165, 1.54) is 6.08 Å². The monoisotopic (exact) mass is 273 g/mol. The minimum atomic E-state index is -0.244. The van der Waals surface area contributed by atoms with Crippen molar-refractivity contribution in [3.8, 4) is 0 Å². The summed E-state index contributed by atoms with van der Waals surface area (Å²) in [6.45, 7) is 8.08. The van der Waals surface area contributed by atoms with E-state index in [4.69, 9.17) is 4.42 Å². The van der Waals surface area contributed by atoms with Crippen molar-refractivity contribution in [2.75, 3.05) is 5.32 Å². The van der Waals surface area contributed by atoms with Crippen molar-refractivity contribution in [2.24, 2.45) is 0 Å². The van der Waals surface area contributed by atoms with Gasteiger partial charge in [0.25, 0.3) is 0 Å². The van der Waals surface area contributed by atoms with Crippen LogP contribution in [-0.4, -0.2) is 16.1 Å². The number of hydrogen-bond acceptors (Lipinski definition) is 3. The highest BCUT2D eigenvalue weighted by molar-refractivity contribution is 6.01. The second-order valence-electron chi connectivity index (χ2n) is 5.69. The maximum atomic E-state index is 11.8. The Hall–Kier alpha value is -2.30. The third kappa shape index (κ3) is 3.60. The minimum Gasteiger partial charge on any atom is -0.462 e. The number of H-pyrrole nitrogens is 1. The zero-order chi connectivity index (χ0) is 14.8. The lowest BCUT2D eigenvalue weighted by atomic mass is 9.92. The fourth-order valence-electron chi connectivity index (χ4n) is 1.64. The Balaban J connectivity index is 1.98. The molecule has 0 bridgehead atoms. The molecular formula is C15H19N3O2. The fraction of sp³-hybridized carbons (Fsp3) is 0.333. The highest BCUT2D eigenvalue weighted by Gasteiger charge is 2.16. The van der Waals surface area contributed by atoms with Crippen LogP contribution in [0.4, 0.5) is 5.82 Å². The highest BCUT2D eigenvalue weighted by Crippen LogP contribution is 2.21. The topological polar surface area (TPSA) is 70.9 Å². The molecule has 0 aromatic carbocycles. The van der Waals surface area contributed by atoms with Crippen LogP contribution < -0.4 is 5.32 Å². The van der Waals surface area contributed by atoms with Gasteiger partial charge in [-0.05, 0) is 25.1 Å². The summed E-state index contributed by atoms with van der Waals surface area (Å²) in [4.78, 5) is 11.8. The SMILES string of the molecule is Cc1ccc(/C=C/C(=O)Nc2cc(C(C)(C)C)[nH]n2)o1. The van der Waals surface area contributed by atoms with E-state index in [9.17, 15) is 4.79 Å². The van der Waals surface area contributed by atoms with Crippen LogP contribution in [0.25, 0.3) is 6.08 Å². The minimum absolute atomic E-state index is 0.0302. The van der Waals surface area contributed by atoms with E-state index in [2.05, 4.69) is 36.3 Å². The number of nitrogens with one attached hydrogen (secondary N) is 2. The number of anilines is 1. The van der Waals surface area contributed by atoms with Gasteiger partial charge in [0.05, 0.1) is 0 Å². The Morgan fingerprint density at radius 3 is 2.70 bits per heavy atom. The number of furan rings is 1. The van der Waals surface area contributed by atoms with Crippen molar-refractivity contribution in [3.05, 3.63) is 41.5 Å². The first kappa shape index (κ1) is 14.1. The van der Waals surface area contributed by atoms with Gasteiger partial charge >= 0.3 is 0 Å². The molecule has 0 saturated heterocycles. The van der Waals surface area contributed by atoms with Gasteiger partial charge in [0.1, 0.15) is 11.5 Å². The van der Waals surface area contributed by atoms with Crippen LogP contribution in [0, 0.1) is 6.92 Å². The van der Waals surface area contributed by atoms with Crippen LogP contribution in [0.1, 0.15) is 38.0 Å². The zero-order valence-corrected chi connectivity index (χ0v) is 12.2. The molecule has 0 saturated carbocycles. The standard InChI is InChI=1S/C15H19N3O2/c1-10-5-6-11(20-10)7-8-14(19)16-13-9-12(17-18-13)15(2,3)4/h5-9H,1-4H3,(H2,16,17,18,19)/b8-7+. The van der Waals surface area contributed by atoms with E-state index < -0.39 is 0 Å². The molecule has 2 aromatic heterocycles. The van der Waals surface area contributed by atoms with Crippen LogP contribution in [0.2, 0.25) is 0 Å². The summed E-state index contributed by atoms with van der Waals surface area (Å²) in [5, 5.41) is 9.69. The number of aromatic nitrogens is 2. The molecule has 2 aromatic rings. The van der Waals surface area contributed by atoms with E-state index >= 15 is 0 Å². The molecule has 0 unspecified atom stereocenters. The molecule has 0 radical (unpaired) electrons. The molecule has 1 amide bonds. The lowest BCUT2D eigenvalue weighted by Gasteiger charge is -2.14. The van der Waals surface area contributed by atoms with Crippen LogP contribution in [0.5, 0.6) is 0 Å². The van der Waals surface area contributed by atoms with Gasteiger partial charge in [-0.1, -0.05) is 20.8 Å². The van der Waals surface area contributed by atoms with Gasteiger partial charge in [0.15, 0.2) is 5.82 Å². The molecule has 2 rings (SSSR count). The number of rotatable bonds is 3. The first-order valence-electron chi connectivity index (χ1n) is 6.46. The summed E-state index contributed by atoms with van der Waals surface area (Å²) in [6.07, 6.45) is 3.05. The van der Waals surface area contributed by atoms with E-state index in [-0.39, 0.29) is 11.3 Å². The van der Waals surface area contributed by atoms with Crippen LogP contribution in [-0.2, 0) is 10.2 Å². The zero-order valence-electron chi connectivity index (χ0n) is 12.2. The van der Waals surface area contributed by atoms with Crippen molar-refractivity contribution >= 4 is 17.8 Å². The summed E-state index contributed by atoms with van der Waals surface area (Å²) in [7, 11) is 0. The van der Waals surface area contributed by atoms with E-state index in [0.29, 0.717) is 11.6 Å². The molecule has 5 nitrogen and oxygen atoms in total. The van der Waals surface area contributed by atoms with Crippen molar-refractivity contribution in [1.82, 2.24) is 10.2 Å². The highest BCUT2D eigenvalue weighted by atomic mass is 16.3. The Kier molecular flexibility index (Phi) is 3.79. The van der Waals surface area contributed by atoms with Crippen LogP contribution in [0.15, 0.2) is 28.7 Å². The van der Waals surface area contributed by atoms with Crippen molar-refractivity contribution in [1.29, 1.82) is 0 Å². The summed E-state index contributed by atoms with van der Waals surface area (Å²) in [5.74, 6) is 1.73. The maximum Gasteiger partial charge on any atom is 0.249 e. The fourth-order valence-corrected chi connectivity index (χ4v) is 1.64. The summed E-state index contributed by atoms with van der Waals surface area (Å²) >= 11 is 0. The number of carbonyl (C=O) groups is 1. The van der Waals surface area contributed by atoms with Gasteiger partial charge in [0, 0.05) is 23.3 Å². The number of amides is 1. The first-order chi connectivity index (χ1) is 9.34. The van der Waals surface area contributed by atoms with Crippen molar-refractivity contribution in [3.63, 3.8) is 0 Å². The second-order valence-corrected chi connectivity index (χ2v) is 5.69. The van der Waals surface area contributed by atoms with Gasteiger partial charge in [-0.15, -0.1) is 0 Å². The molecule has 106 valence electrons. The Morgan fingerprint density at radius 2 is 2.15 bits per heavy atom. The number of hydrogen-bond donors (Lipinski definition) is 2. The third-order valence-electron chi connectivity index (χ3n) is 2.80. The molecule has 0 spiro atoms. The predicted octanol–water partition coefficient (Wildman–Crippen LogP) is 3.26. The summed E-state index contributed by atoms with van der Waals surface area (Å²) < 4.78 is 5.34. The largest absolute Gasteiger partial charge is 0.462 e. The molecule has 5 heteroatoms. The van der Waals surface area contributed by atoms with E-state index in [1.54, 1.807) is 6.08 Å². The van der Waals surface area contributed by atoms with Gasteiger partial charge in [0.2, 0.25) is 5.91 Å². The normalized spacial score (nSPS) is 12.0. The molecule has 2 N–H and O–H groups in total. The van der Waals surface area contributed by atoms with Crippen LogP contribution >= 0.6 is 0 Å². The lowest BCUT2D eigenvalue weighted by Crippen LogP contribution is -2.11. The molecule has 0 aliphatic carbocycles. The number of aromatic amines is 1. The molecule has 0 aliphatic rings. The Bertz CT molecular complexity index is 630. The van der Waals surface area contributed by atoms with E-state index in [1.807, 2.05) is 25.1 Å². The second kappa shape index (κ2) is 5.36. The Labute approximate surface area is 118 Å². The third-order valence-corrected chi connectivity index (χ3v) is 2.80. The number of carbonyl (C=O) groups excluding carboxylic acids is 1. The van der Waals surface area contributed by atoms with Crippen LogP contribution in [0.3, 0.4) is 0 Å². The first-order valence-corrected chi connectivity index (χ1v) is 6.46. The predicted molar refractivity (Wildman–Crippen MR) is 78.4 cm³/mol. The van der Waals surface area contributed by atoms with E-state index in [0.717, 1.165) is 11.5 Å².